The molecule has 3 heteroatoms. The standard InChI is InChI=1S/C17H31NSi2/c1-7-19(5,6)16-18(17-14-12-11-13-15-17)20(8-2,9-3)10-4/h7,11-15H,1,8-10,16H2,2-6H3. The second kappa shape index (κ2) is 7.27. The third-order valence-corrected chi connectivity index (χ3v) is 12.8. The zero-order valence-electron chi connectivity index (χ0n) is 13.9. The maximum atomic E-state index is 4.09. The molecule has 0 saturated carbocycles. The molecule has 0 amide bonds. The van der Waals surface area contributed by atoms with Gasteiger partial charge in [-0.25, -0.2) is 0 Å². The highest BCUT2D eigenvalue weighted by Crippen LogP contribution is 2.31. The Bertz CT molecular complexity index is 402. The molecule has 0 saturated heterocycles. The van der Waals surface area contributed by atoms with Crippen LogP contribution in [0.25, 0.3) is 0 Å². The lowest BCUT2D eigenvalue weighted by molar-refractivity contribution is 1.04. The molecule has 0 aliphatic heterocycles. The monoisotopic (exact) mass is 305 g/mol. The summed E-state index contributed by atoms with van der Waals surface area (Å²) in [7, 11) is -2.75. The fourth-order valence-electron chi connectivity index (χ4n) is 2.94. The largest absolute Gasteiger partial charge is 0.399 e. The minimum absolute atomic E-state index is 1.21. The molecule has 1 rings (SSSR count). The molecule has 1 nitrogen and oxygen atoms in total. The molecule has 1 aromatic rings. The van der Waals surface area contributed by atoms with E-state index in [9.17, 15) is 0 Å². The topological polar surface area (TPSA) is 3.24 Å². The summed E-state index contributed by atoms with van der Waals surface area (Å²) < 4.78 is 2.81. The van der Waals surface area contributed by atoms with Crippen LogP contribution in [-0.4, -0.2) is 22.5 Å². The summed E-state index contributed by atoms with van der Waals surface area (Å²) in [4.78, 5) is 0. The molecule has 0 aromatic heterocycles. The van der Waals surface area contributed by atoms with Crippen molar-refractivity contribution in [2.24, 2.45) is 0 Å². The molecule has 0 heterocycles. The zero-order chi connectivity index (χ0) is 15.2. The lowest BCUT2D eigenvalue weighted by Crippen LogP contribution is -2.58. The number of benzene rings is 1. The van der Waals surface area contributed by atoms with E-state index in [0.717, 1.165) is 0 Å². The molecular weight excluding hydrogens is 274 g/mol. The molecule has 0 atom stereocenters. The van der Waals surface area contributed by atoms with Gasteiger partial charge in [0.05, 0.1) is 8.07 Å². The van der Waals surface area contributed by atoms with Crippen LogP contribution in [0.3, 0.4) is 0 Å². The molecule has 20 heavy (non-hydrogen) atoms. The highest BCUT2D eigenvalue weighted by Gasteiger charge is 2.37. The summed E-state index contributed by atoms with van der Waals surface area (Å²) in [6, 6.07) is 15.0. The van der Waals surface area contributed by atoms with Gasteiger partial charge in [0.2, 0.25) is 0 Å². The molecule has 0 radical (unpaired) electrons. The third-order valence-electron chi connectivity index (χ3n) is 4.73. The first-order valence-corrected chi connectivity index (χ1v) is 13.8. The maximum absolute atomic E-state index is 4.09. The van der Waals surface area contributed by atoms with Gasteiger partial charge in [-0.1, -0.05) is 52.1 Å². The predicted octanol–water partition coefficient (Wildman–Crippen LogP) is 5.47. The van der Waals surface area contributed by atoms with Crippen molar-refractivity contribution in [3.63, 3.8) is 0 Å². The number of para-hydroxylation sites is 1. The van der Waals surface area contributed by atoms with E-state index in [1.165, 1.54) is 30.0 Å². The molecular formula is C17H31NSi2. The summed E-state index contributed by atoms with van der Waals surface area (Å²) in [5, 5.41) is 0. The zero-order valence-corrected chi connectivity index (χ0v) is 15.9. The van der Waals surface area contributed by atoms with Crippen molar-refractivity contribution in [1.29, 1.82) is 0 Å². The highest BCUT2D eigenvalue weighted by molar-refractivity contribution is 6.88. The highest BCUT2D eigenvalue weighted by atomic mass is 28.3. The first-order valence-electron chi connectivity index (χ1n) is 7.91. The lowest BCUT2D eigenvalue weighted by Gasteiger charge is -2.45. The molecule has 0 aliphatic rings. The number of rotatable bonds is 8. The molecule has 0 fully saturated rings. The molecule has 0 unspecified atom stereocenters. The lowest BCUT2D eigenvalue weighted by atomic mass is 10.3. The van der Waals surface area contributed by atoms with E-state index in [2.05, 4.69) is 81.0 Å². The van der Waals surface area contributed by atoms with Crippen LogP contribution in [0.15, 0.2) is 42.6 Å². The van der Waals surface area contributed by atoms with Gasteiger partial charge in [-0.15, -0.1) is 12.3 Å². The normalized spacial score (nSPS) is 12.2. The Morgan fingerprint density at radius 1 is 1.00 bits per heavy atom. The molecule has 0 bridgehead atoms. The predicted molar refractivity (Wildman–Crippen MR) is 98.7 cm³/mol. The van der Waals surface area contributed by atoms with E-state index < -0.39 is 16.3 Å². The van der Waals surface area contributed by atoms with Gasteiger partial charge in [0.1, 0.15) is 0 Å². The Morgan fingerprint density at radius 2 is 1.50 bits per heavy atom. The van der Waals surface area contributed by atoms with Crippen LogP contribution in [0.5, 0.6) is 0 Å². The smallest absolute Gasteiger partial charge is 0.155 e. The van der Waals surface area contributed by atoms with Gasteiger partial charge >= 0.3 is 0 Å². The Balaban J connectivity index is 3.23. The summed E-state index contributed by atoms with van der Waals surface area (Å²) in [6.45, 7) is 16.1. The van der Waals surface area contributed by atoms with Crippen LogP contribution in [0.4, 0.5) is 5.69 Å². The Kier molecular flexibility index (Phi) is 6.27. The average Bonchev–Trinajstić information content (AvgIpc) is 2.49. The van der Waals surface area contributed by atoms with Crippen LogP contribution < -0.4 is 4.57 Å². The van der Waals surface area contributed by atoms with Gasteiger partial charge in [0.25, 0.3) is 0 Å². The summed E-state index contributed by atoms with van der Waals surface area (Å²) >= 11 is 0. The van der Waals surface area contributed by atoms with E-state index >= 15 is 0 Å². The summed E-state index contributed by atoms with van der Waals surface area (Å²) in [6.07, 6.45) is 1.21. The van der Waals surface area contributed by atoms with E-state index in [-0.39, 0.29) is 0 Å². The second-order valence-electron chi connectivity index (χ2n) is 6.40. The van der Waals surface area contributed by atoms with Crippen LogP contribution in [0.1, 0.15) is 20.8 Å². The molecule has 0 aliphatic carbocycles. The van der Waals surface area contributed by atoms with Crippen LogP contribution in [0, 0.1) is 0 Å². The fourth-order valence-corrected chi connectivity index (χ4v) is 9.97. The van der Waals surface area contributed by atoms with Crippen LogP contribution in [0.2, 0.25) is 31.2 Å². The van der Waals surface area contributed by atoms with Gasteiger partial charge in [-0.2, -0.15) is 0 Å². The summed E-state index contributed by atoms with van der Waals surface area (Å²) in [5.74, 6) is 0. The Hall–Kier alpha value is -0.806. The number of hydrogen-bond acceptors (Lipinski definition) is 1. The van der Waals surface area contributed by atoms with Crippen LogP contribution in [-0.2, 0) is 0 Å². The third kappa shape index (κ3) is 3.86. The van der Waals surface area contributed by atoms with Crippen LogP contribution >= 0.6 is 0 Å². The van der Waals surface area contributed by atoms with Crippen molar-refractivity contribution in [3.05, 3.63) is 42.6 Å². The molecule has 0 spiro atoms. The maximum Gasteiger partial charge on any atom is 0.155 e. The van der Waals surface area contributed by atoms with Gasteiger partial charge in [0.15, 0.2) is 8.24 Å². The first-order chi connectivity index (χ1) is 9.44. The average molecular weight is 306 g/mol. The van der Waals surface area contributed by atoms with Gasteiger partial charge in [-0.3, -0.25) is 0 Å². The quantitative estimate of drug-likeness (QED) is 0.576. The first kappa shape index (κ1) is 17.2. The fraction of sp³-hybridized carbons (Fsp3) is 0.529. The van der Waals surface area contributed by atoms with Crippen molar-refractivity contribution >= 4 is 22.0 Å². The van der Waals surface area contributed by atoms with E-state index in [4.69, 9.17) is 0 Å². The van der Waals surface area contributed by atoms with Crippen molar-refractivity contribution < 1.29 is 0 Å². The van der Waals surface area contributed by atoms with Gasteiger partial charge in [0, 0.05) is 11.9 Å². The van der Waals surface area contributed by atoms with E-state index in [1.807, 2.05) is 0 Å². The minimum atomic E-state index is -1.39. The molecule has 0 N–H and O–H groups in total. The van der Waals surface area contributed by atoms with Crippen molar-refractivity contribution in [2.75, 3.05) is 10.7 Å². The van der Waals surface area contributed by atoms with E-state index in [1.54, 1.807) is 0 Å². The van der Waals surface area contributed by atoms with Gasteiger partial charge in [-0.05, 0) is 30.3 Å². The van der Waals surface area contributed by atoms with Crippen molar-refractivity contribution in [1.82, 2.24) is 0 Å². The second-order valence-corrected chi connectivity index (χ2v) is 16.2. The molecule has 1 aromatic carbocycles. The van der Waals surface area contributed by atoms with Crippen molar-refractivity contribution in [2.45, 2.75) is 52.0 Å². The van der Waals surface area contributed by atoms with E-state index in [0.29, 0.717) is 0 Å². The number of hydrogen-bond donors (Lipinski definition) is 0. The molecule has 112 valence electrons. The number of anilines is 1. The Morgan fingerprint density at radius 3 is 1.90 bits per heavy atom. The van der Waals surface area contributed by atoms with Gasteiger partial charge < -0.3 is 4.57 Å². The SMILES string of the molecule is C=C[Si](C)(C)CN(c1ccccc1)[Si](CC)(CC)CC. The minimum Gasteiger partial charge on any atom is -0.399 e. The van der Waals surface area contributed by atoms with Crippen molar-refractivity contribution in [3.8, 4) is 0 Å². The Labute approximate surface area is 127 Å². The summed E-state index contributed by atoms with van der Waals surface area (Å²) in [5.41, 5.74) is 3.66. The number of nitrogens with zero attached hydrogens (tertiary/aromatic N) is 1.